The van der Waals surface area contributed by atoms with E-state index in [4.69, 9.17) is 0 Å². The van der Waals surface area contributed by atoms with Crippen LogP contribution in [-0.2, 0) is 12.5 Å². The molecular weight excluding hydrogens is 174 g/mol. The molecule has 0 aliphatic carbocycles. The molecule has 3 nitrogen and oxygen atoms in total. The van der Waals surface area contributed by atoms with Crippen LogP contribution in [0, 0.1) is 0 Å². The highest BCUT2D eigenvalue weighted by molar-refractivity contribution is 5.74. The van der Waals surface area contributed by atoms with Crippen molar-refractivity contribution in [1.29, 1.82) is 0 Å². The summed E-state index contributed by atoms with van der Waals surface area (Å²) in [6.45, 7) is 6.47. The Bertz CT molecular complexity index is 463. The van der Waals surface area contributed by atoms with Crippen molar-refractivity contribution in [3.63, 3.8) is 0 Å². The average Bonchev–Trinajstić information content (AvgIpc) is 2.41. The van der Waals surface area contributed by atoms with Crippen molar-refractivity contribution in [3.05, 3.63) is 24.0 Å². The quantitative estimate of drug-likeness (QED) is 0.636. The highest BCUT2D eigenvalue weighted by Crippen LogP contribution is 2.21. The normalized spacial score (nSPS) is 12.3. The number of aryl methyl sites for hydroxylation is 1. The van der Waals surface area contributed by atoms with E-state index in [9.17, 15) is 0 Å². The lowest BCUT2D eigenvalue weighted by Gasteiger charge is -2.16. The monoisotopic (exact) mass is 189 g/mol. The summed E-state index contributed by atoms with van der Waals surface area (Å²) in [7, 11) is 1.92. The molecule has 0 unspecified atom stereocenters. The number of pyridine rings is 1. The fourth-order valence-corrected chi connectivity index (χ4v) is 1.44. The van der Waals surface area contributed by atoms with Crippen LogP contribution in [0.5, 0.6) is 0 Å². The molecule has 0 amide bonds. The van der Waals surface area contributed by atoms with E-state index in [0.717, 1.165) is 16.7 Å². The van der Waals surface area contributed by atoms with Crippen LogP contribution in [0.1, 0.15) is 26.5 Å². The number of rotatable bonds is 0. The Morgan fingerprint density at radius 3 is 2.57 bits per heavy atom. The lowest BCUT2D eigenvalue weighted by atomic mass is 9.91. The standard InChI is InChI=1S/C11H15N3/c1-11(2,3)9-6-5-8-7-14(4)13-10(8)12-9/h5-7H,1-4H3. The molecule has 2 rings (SSSR count). The van der Waals surface area contributed by atoms with Crippen molar-refractivity contribution in [2.24, 2.45) is 7.05 Å². The van der Waals surface area contributed by atoms with Gasteiger partial charge in [0.05, 0.1) is 0 Å². The SMILES string of the molecule is Cn1cc2ccc(C(C)(C)C)nc2n1. The van der Waals surface area contributed by atoms with E-state index in [0.29, 0.717) is 0 Å². The molecule has 0 aliphatic heterocycles. The summed E-state index contributed by atoms with van der Waals surface area (Å²) in [6, 6.07) is 4.15. The van der Waals surface area contributed by atoms with Gasteiger partial charge in [0.2, 0.25) is 0 Å². The molecule has 0 saturated carbocycles. The highest BCUT2D eigenvalue weighted by Gasteiger charge is 2.16. The van der Waals surface area contributed by atoms with Crippen LogP contribution in [0.2, 0.25) is 0 Å². The van der Waals surface area contributed by atoms with Crippen LogP contribution in [0.3, 0.4) is 0 Å². The van der Waals surface area contributed by atoms with Crippen LogP contribution >= 0.6 is 0 Å². The first-order valence-electron chi connectivity index (χ1n) is 4.78. The maximum absolute atomic E-state index is 4.54. The van der Waals surface area contributed by atoms with Crippen LogP contribution in [-0.4, -0.2) is 14.8 Å². The zero-order chi connectivity index (χ0) is 10.3. The molecule has 0 atom stereocenters. The molecule has 0 N–H and O–H groups in total. The fourth-order valence-electron chi connectivity index (χ4n) is 1.44. The van der Waals surface area contributed by atoms with Gasteiger partial charge in [-0.2, -0.15) is 5.10 Å². The summed E-state index contributed by atoms with van der Waals surface area (Å²) >= 11 is 0. The lowest BCUT2D eigenvalue weighted by Crippen LogP contribution is -2.13. The second kappa shape index (κ2) is 2.80. The molecule has 0 aromatic carbocycles. The summed E-state index contributed by atoms with van der Waals surface area (Å²) in [5, 5.41) is 5.39. The van der Waals surface area contributed by atoms with Crippen molar-refractivity contribution in [2.45, 2.75) is 26.2 Å². The van der Waals surface area contributed by atoms with Crippen LogP contribution in [0.15, 0.2) is 18.3 Å². The van der Waals surface area contributed by atoms with Gasteiger partial charge < -0.3 is 0 Å². The summed E-state index contributed by atoms with van der Waals surface area (Å²) in [5.41, 5.74) is 2.01. The Labute approximate surface area is 83.8 Å². The van der Waals surface area contributed by atoms with E-state index in [1.807, 2.05) is 13.2 Å². The third-order valence-corrected chi connectivity index (χ3v) is 2.25. The second-order valence-corrected chi connectivity index (χ2v) is 4.66. The van der Waals surface area contributed by atoms with Gasteiger partial charge in [-0.3, -0.25) is 4.68 Å². The van der Waals surface area contributed by atoms with Crippen LogP contribution in [0.4, 0.5) is 0 Å². The molecule has 0 radical (unpaired) electrons. The molecule has 0 spiro atoms. The van der Waals surface area contributed by atoms with E-state index >= 15 is 0 Å². The van der Waals surface area contributed by atoms with Crippen LogP contribution < -0.4 is 0 Å². The Kier molecular flexibility index (Phi) is 1.84. The molecule has 0 bridgehead atoms. The Morgan fingerprint density at radius 1 is 1.21 bits per heavy atom. The van der Waals surface area contributed by atoms with Gasteiger partial charge in [-0.1, -0.05) is 20.8 Å². The molecule has 2 aromatic rings. The van der Waals surface area contributed by atoms with Gasteiger partial charge in [-0.05, 0) is 12.1 Å². The summed E-state index contributed by atoms with van der Waals surface area (Å²) in [6.07, 6.45) is 1.98. The number of fused-ring (bicyclic) bond motifs is 1. The van der Waals surface area contributed by atoms with E-state index in [2.05, 4.69) is 43.0 Å². The van der Waals surface area contributed by atoms with Gasteiger partial charge in [0.25, 0.3) is 0 Å². The minimum atomic E-state index is 0.0890. The van der Waals surface area contributed by atoms with E-state index in [-0.39, 0.29) is 5.41 Å². The molecule has 0 saturated heterocycles. The van der Waals surface area contributed by atoms with Crippen molar-refractivity contribution in [1.82, 2.24) is 14.8 Å². The number of hydrogen-bond acceptors (Lipinski definition) is 2. The lowest BCUT2D eigenvalue weighted by molar-refractivity contribution is 0.570. The van der Waals surface area contributed by atoms with E-state index in [1.54, 1.807) is 4.68 Å². The zero-order valence-electron chi connectivity index (χ0n) is 9.07. The minimum Gasteiger partial charge on any atom is -0.273 e. The third-order valence-electron chi connectivity index (χ3n) is 2.25. The summed E-state index contributed by atoms with van der Waals surface area (Å²) in [4.78, 5) is 4.54. The number of hydrogen-bond donors (Lipinski definition) is 0. The predicted molar refractivity (Wildman–Crippen MR) is 57.2 cm³/mol. The Morgan fingerprint density at radius 2 is 1.93 bits per heavy atom. The molecule has 2 aromatic heterocycles. The smallest absolute Gasteiger partial charge is 0.181 e. The first-order chi connectivity index (χ1) is 6.47. The molecule has 0 fully saturated rings. The minimum absolute atomic E-state index is 0.0890. The van der Waals surface area contributed by atoms with E-state index < -0.39 is 0 Å². The fraction of sp³-hybridized carbons (Fsp3) is 0.455. The van der Waals surface area contributed by atoms with Gasteiger partial charge in [-0.25, -0.2) is 4.98 Å². The molecular formula is C11H15N3. The predicted octanol–water partition coefficient (Wildman–Crippen LogP) is 2.27. The van der Waals surface area contributed by atoms with Crippen molar-refractivity contribution < 1.29 is 0 Å². The second-order valence-electron chi connectivity index (χ2n) is 4.66. The average molecular weight is 189 g/mol. The van der Waals surface area contributed by atoms with Gasteiger partial charge in [0.15, 0.2) is 5.65 Å². The topological polar surface area (TPSA) is 30.7 Å². The largest absolute Gasteiger partial charge is 0.273 e. The highest BCUT2D eigenvalue weighted by atomic mass is 15.3. The molecule has 0 aliphatic rings. The van der Waals surface area contributed by atoms with Gasteiger partial charge in [0, 0.05) is 29.7 Å². The first kappa shape index (κ1) is 9.19. The molecule has 3 heteroatoms. The van der Waals surface area contributed by atoms with Gasteiger partial charge in [-0.15, -0.1) is 0 Å². The number of nitrogens with zero attached hydrogens (tertiary/aromatic N) is 3. The molecule has 2 heterocycles. The van der Waals surface area contributed by atoms with Crippen molar-refractivity contribution >= 4 is 11.0 Å². The van der Waals surface area contributed by atoms with Crippen LogP contribution in [0.25, 0.3) is 11.0 Å². The summed E-state index contributed by atoms with van der Waals surface area (Å²) < 4.78 is 1.80. The zero-order valence-corrected chi connectivity index (χ0v) is 9.07. The Balaban J connectivity index is 2.62. The summed E-state index contributed by atoms with van der Waals surface area (Å²) in [5.74, 6) is 0. The first-order valence-corrected chi connectivity index (χ1v) is 4.78. The van der Waals surface area contributed by atoms with E-state index in [1.165, 1.54) is 0 Å². The van der Waals surface area contributed by atoms with Crippen molar-refractivity contribution in [3.8, 4) is 0 Å². The Hall–Kier alpha value is -1.38. The maximum atomic E-state index is 4.54. The van der Waals surface area contributed by atoms with Gasteiger partial charge in [0.1, 0.15) is 0 Å². The van der Waals surface area contributed by atoms with Crippen molar-refractivity contribution in [2.75, 3.05) is 0 Å². The van der Waals surface area contributed by atoms with Gasteiger partial charge >= 0.3 is 0 Å². The maximum Gasteiger partial charge on any atom is 0.181 e. The number of aromatic nitrogens is 3. The molecule has 74 valence electrons. The third kappa shape index (κ3) is 1.50. The molecule has 14 heavy (non-hydrogen) atoms.